The van der Waals surface area contributed by atoms with Gasteiger partial charge in [-0.05, 0) is 35.7 Å². The highest BCUT2D eigenvalue weighted by Crippen LogP contribution is 2.20. The van der Waals surface area contributed by atoms with Crippen LogP contribution >= 0.6 is 0 Å². The Morgan fingerprint density at radius 1 is 0.885 bits per heavy atom. The zero-order valence-corrected chi connectivity index (χ0v) is 14.1. The van der Waals surface area contributed by atoms with Crippen LogP contribution in [0.3, 0.4) is 0 Å². The van der Waals surface area contributed by atoms with Crippen LogP contribution in [-0.2, 0) is 6.42 Å². The Kier molecular flexibility index (Phi) is 4.43. The molecule has 0 aliphatic heterocycles. The second-order valence-corrected chi connectivity index (χ2v) is 6.15. The fourth-order valence-corrected chi connectivity index (χ4v) is 3.01. The molecule has 1 unspecified atom stereocenters. The van der Waals surface area contributed by atoms with Gasteiger partial charge in [0.15, 0.2) is 0 Å². The quantitative estimate of drug-likeness (QED) is 0.581. The van der Waals surface area contributed by atoms with Gasteiger partial charge in [0.2, 0.25) is 0 Å². The maximum Gasteiger partial charge on any atom is 0.251 e. The normalized spacial score (nSPS) is 12.0. The van der Waals surface area contributed by atoms with Crippen LogP contribution in [-0.4, -0.2) is 21.3 Å². The van der Waals surface area contributed by atoms with E-state index in [1.165, 1.54) is 5.56 Å². The number of carbonyl (C=O) groups is 1. The second-order valence-electron chi connectivity index (χ2n) is 6.15. The molecular formula is C21H18N4O. The minimum atomic E-state index is -0.125. The van der Waals surface area contributed by atoms with Gasteiger partial charge in [-0.3, -0.25) is 4.79 Å². The molecule has 4 aromatic rings. The van der Waals surface area contributed by atoms with Crippen LogP contribution in [0.2, 0.25) is 0 Å². The summed E-state index contributed by atoms with van der Waals surface area (Å²) in [5.74, 6) is -0.125. The largest absolute Gasteiger partial charge is 0.345 e. The Morgan fingerprint density at radius 2 is 1.58 bits per heavy atom. The maximum atomic E-state index is 12.8. The van der Waals surface area contributed by atoms with Gasteiger partial charge >= 0.3 is 0 Å². The van der Waals surface area contributed by atoms with Crippen molar-refractivity contribution in [3.05, 3.63) is 95.6 Å². The van der Waals surface area contributed by atoms with Gasteiger partial charge in [0, 0.05) is 5.56 Å². The summed E-state index contributed by atoms with van der Waals surface area (Å²) in [7, 11) is 0. The minimum Gasteiger partial charge on any atom is -0.345 e. The molecule has 5 heteroatoms. The summed E-state index contributed by atoms with van der Waals surface area (Å²) in [4.78, 5) is 12.8. The van der Waals surface area contributed by atoms with Crippen molar-refractivity contribution in [2.45, 2.75) is 12.5 Å². The number of carbonyl (C=O) groups excluding carboxylic acids is 1. The highest BCUT2D eigenvalue weighted by atomic mass is 16.1. The number of fused-ring (bicyclic) bond motifs is 1. The summed E-state index contributed by atoms with van der Waals surface area (Å²) in [5, 5.41) is 13.8. The number of nitrogens with one attached hydrogen (secondary N) is 2. The predicted octanol–water partition coefficient (Wildman–Crippen LogP) is 3.67. The van der Waals surface area contributed by atoms with Gasteiger partial charge in [-0.15, -0.1) is 0 Å². The van der Waals surface area contributed by atoms with Crippen molar-refractivity contribution in [1.82, 2.24) is 20.7 Å². The van der Waals surface area contributed by atoms with Crippen LogP contribution in [0.4, 0.5) is 0 Å². The zero-order valence-electron chi connectivity index (χ0n) is 14.1. The second kappa shape index (κ2) is 7.19. The van der Waals surface area contributed by atoms with Gasteiger partial charge in [0.1, 0.15) is 11.0 Å². The monoisotopic (exact) mass is 342 g/mol. The predicted molar refractivity (Wildman–Crippen MR) is 101 cm³/mol. The molecule has 1 atom stereocenters. The molecule has 4 rings (SSSR count). The standard InChI is InChI=1S/C21H18N4O/c26-21(17-11-12-18-20(14-17)24-25-23-18)22-19(16-9-5-2-6-10-16)13-15-7-3-1-4-8-15/h1-12,14,19H,13H2,(H,22,26)(H,23,24,25). The number of aromatic nitrogens is 3. The molecule has 0 aliphatic rings. The van der Waals surface area contributed by atoms with Crippen molar-refractivity contribution in [1.29, 1.82) is 0 Å². The van der Waals surface area contributed by atoms with Crippen LogP contribution in [0.15, 0.2) is 78.9 Å². The molecule has 5 nitrogen and oxygen atoms in total. The molecule has 0 saturated heterocycles. The summed E-state index contributed by atoms with van der Waals surface area (Å²) in [5.41, 5.74) is 4.24. The molecule has 0 fully saturated rings. The Hall–Kier alpha value is -3.47. The molecule has 0 radical (unpaired) electrons. The third-order valence-electron chi connectivity index (χ3n) is 4.37. The summed E-state index contributed by atoms with van der Waals surface area (Å²) >= 11 is 0. The summed E-state index contributed by atoms with van der Waals surface area (Å²) in [6.45, 7) is 0. The summed E-state index contributed by atoms with van der Waals surface area (Å²) in [6, 6.07) is 25.4. The van der Waals surface area contributed by atoms with E-state index in [0.29, 0.717) is 11.1 Å². The Balaban J connectivity index is 1.60. The van der Waals surface area contributed by atoms with E-state index >= 15 is 0 Å². The van der Waals surface area contributed by atoms with E-state index in [0.717, 1.165) is 17.5 Å². The first kappa shape index (κ1) is 16.0. The van der Waals surface area contributed by atoms with E-state index in [1.807, 2.05) is 48.5 Å². The molecule has 0 spiro atoms. The number of rotatable bonds is 5. The van der Waals surface area contributed by atoms with E-state index in [-0.39, 0.29) is 11.9 Å². The first-order valence-electron chi connectivity index (χ1n) is 8.50. The lowest BCUT2D eigenvalue weighted by molar-refractivity contribution is 0.0936. The minimum absolute atomic E-state index is 0.112. The Bertz CT molecular complexity index is 1010. The maximum absolute atomic E-state index is 12.8. The summed E-state index contributed by atoms with van der Waals surface area (Å²) in [6.07, 6.45) is 0.725. The molecule has 1 heterocycles. The average molecular weight is 342 g/mol. The van der Waals surface area contributed by atoms with Gasteiger partial charge in [-0.1, -0.05) is 60.7 Å². The third kappa shape index (κ3) is 3.47. The number of nitrogens with zero attached hydrogens (tertiary/aromatic N) is 2. The topological polar surface area (TPSA) is 70.7 Å². The smallest absolute Gasteiger partial charge is 0.251 e. The van der Waals surface area contributed by atoms with E-state index < -0.39 is 0 Å². The summed E-state index contributed by atoms with van der Waals surface area (Å²) < 4.78 is 0. The molecule has 0 saturated carbocycles. The lowest BCUT2D eigenvalue weighted by Gasteiger charge is -2.19. The molecule has 0 aliphatic carbocycles. The fraction of sp³-hybridized carbons (Fsp3) is 0.0952. The van der Waals surface area contributed by atoms with E-state index in [2.05, 4.69) is 32.9 Å². The van der Waals surface area contributed by atoms with Gasteiger partial charge in [-0.25, -0.2) is 0 Å². The molecule has 2 N–H and O–H groups in total. The fourth-order valence-electron chi connectivity index (χ4n) is 3.01. The molecule has 128 valence electrons. The number of hydrogen-bond donors (Lipinski definition) is 2. The highest BCUT2D eigenvalue weighted by molar-refractivity contribution is 5.97. The first-order chi connectivity index (χ1) is 12.8. The molecule has 1 aromatic heterocycles. The van der Waals surface area contributed by atoms with Gasteiger partial charge < -0.3 is 5.32 Å². The average Bonchev–Trinajstić information content (AvgIpc) is 3.17. The number of amides is 1. The third-order valence-corrected chi connectivity index (χ3v) is 4.37. The zero-order chi connectivity index (χ0) is 17.8. The van der Waals surface area contributed by atoms with Crippen LogP contribution in [0.25, 0.3) is 11.0 Å². The van der Waals surface area contributed by atoms with Crippen LogP contribution in [0, 0.1) is 0 Å². The number of H-pyrrole nitrogens is 1. The van der Waals surface area contributed by atoms with Gasteiger partial charge in [0.05, 0.1) is 6.04 Å². The van der Waals surface area contributed by atoms with Crippen molar-refractivity contribution in [2.75, 3.05) is 0 Å². The molecule has 3 aromatic carbocycles. The number of benzene rings is 3. The van der Waals surface area contributed by atoms with Crippen molar-refractivity contribution in [2.24, 2.45) is 0 Å². The lowest BCUT2D eigenvalue weighted by Crippen LogP contribution is -2.30. The van der Waals surface area contributed by atoms with Crippen LogP contribution in [0.5, 0.6) is 0 Å². The number of hydrogen-bond acceptors (Lipinski definition) is 3. The van der Waals surface area contributed by atoms with Crippen molar-refractivity contribution in [3.8, 4) is 0 Å². The highest BCUT2D eigenvalue weighted by Gasteiger charge is 2.17. The van der Waals surface area contributed by atoms with Crippen molar-refractivity contribution in [3.63, 3.8) is 0 Å². The van der Waals surface area contributed by atoms with Gasteiger partial charge in [-0.2, -0.15) is 15.4 Å². The van der Waals surface area contributed by atoms with E-state index in [4.69, 9.17) is 0 Å². The van der Waals surface area contributed by atoms with Crippen LogP contribution in [0.1, 0.15) is 27.5 Å². The number of aromatic amines is 1. The van der Waals surface area contributed by atoms with Crippen LogP contribution < -0.4 is 5.32 Å². The molecule has 0 bridgehead atoms. The molecular weight excluding hydrogens is 324 g/mol. The molecule has 1 amide bonds. The van der Waals surface area contributed by atoms with E-state index in [9.17, 15) is 4.79 Å². The SMILES string of the molecule is O=C(NC(Cc1ccccc1)c1ccccc1)c1ccc2n[nH]nc2c1. The van der Waals surface area contributed by atoms with Crippen molar-refractivity contribution < 1.29 is 4.79 Å². The Labute approximate surface area is 151 Å². The molecule has 26 heavy (non-hydrogen) atoms. The first-order valence-corrected chi connectivity index (χ1v) is 8.50. The van der Waals surface area contributed by atoms with Crippen molar-refractivity contribution >= 4 is 16.9 Å². The lowest BCUT2D eigenvalue weighted by atomic mass is 9.98. The van der Waals surface area contributed by atoms with Gasteiger partial charge in [0.25, 0.3) is 5.91 Å². The Morgan fingerprint density at radius 3 is 2.35 bits per heavy atom. The van der Waals surface area contributed by atoms with E-state index in [1.54, 1.807) is 18.2 Å².